The number of aryl methyl sites for hydroxylation is 2. The molecule has 152 valence electrons. The zero-order valence-corrected chi connectivity index (χ0v) is 17.8. The molecule has 1 amide bonds. The standard InChI is InChI=1S/C21H23N3O4S/c1-6-28-21(27)17-13(4)16-19(29-17)22-10-24(20(16)26)14(5)18(25)23-15-9-7-8-11(2)12(15)3/h7-10,14H,6H2,1-5H3,(H,23,25)/t14-/m0/s1. The molecular weight excluding hydrogens is 390 g/mol. The number of hydrogen-bond donors (Lipinski definition) is 1. The minimum atomic E-state index is -0.773. The molecule has 1 N–H and O–H groups in total. The van der Waals surface area contributed by atoms with Crippen LogP contribution in [0.5, 0.6) is 0 Å². The molecule has 0 fully saturated rings. The summed E-state index contributed by atoms with van der Waals surface area (Å²) in [5, 5.41) is 3.22. The Morgan fingerprint density at radius 3 is 2.66 bits per heavy atom. The topological polar surface area (TPSA) is 90.3 Å². The Hall–Kier alpha value is -3.00. The van der Waals surface area contributed by atoms with Gasteiger partial charge in [-0.15, -0.1) is 11.3 Å². The van der Waals surface area contributed by atoms with E-state index >= 15 is 0 Å². The van der Waals surface area contributed by atoms with Gasteiger partial charge in [0.25, 0.3) is 5.56 Å². The quantitative estimate of drug-likeness (QED) is 0.643. The van der Waals surface area contributed by atoms with Crippen molar-refractivity contribution in [3.63, 3.8) is 0 Å². The maximum Gasteiger partial charge on any atom is 0.348 e. The number of hydrogen-bond acceptors (Lipinski definition) is 6. The van der Waals surface area contributed by atoms with Crippen molar-refractivity contribution in [2.45, 2.75) is 40.7 Å². The van der Waals surface area contributed by atoms with Crippen LogP contribution in [-0.4, -0.2) is 28.0 Å². The second kappa shape index (κ2) is 8.16. The van der Waals surface area contributed by atoms with E-state index in [0.29, 0.717) is 26.3 Å². The van der Waals surface area contributed by atoms with Crippen LogP contribution in [0.2, 0.25) is 0 Å². The van der Waals surface area contributed by atoms with Crippen molar-refractivity contribution in [2.75, 3.05) is 11.9 Å². The van der Waals surface area contributed by atoms with Crippen LogP contribution < -0.4 is 10.9 Å². The second-order valence-electron chi connectivity index (χ2n) is 6.83. The molecule has 2 aromatic heterocycles. The Kier molecular flexibility index (Phi) is 5.83. The van der Waals surface area contributed by atoms with Gasteiger partial charge in [-0.3, -0.25) is 14.2 Å². The monoisotopic (exact) mass is 413 g/mol. The van der Waals surface area contributed by atoms with Crippen molar-refractivity contribution < 1.29 is 14.3 Å². The molecule has 0 unspecified atom stereocenters. The molecule has 0 aliphatic rings. The minimum absolute atomic E-state index is 0.250. The predicted octanol–water partition coefficient (Wildman–Crippen LogP) is 3.76. The summed E-state index contributed by atoms with van der Waals surface area (Å²) in [6.07, 6.45) is 1.35. The molecule has 0 saturated carbocycles. The van der Waals surface area contributed by atoms with Gasteiger partial charge in [0.2, 0.25) is 5.91 Å². The number of benzene rings is 1. The summed E-state index contributed by atoms with van der Waals surface area (Å²) in [7, 11) is 0. The summed E-state index contributed by atoms with van der Waals surface area (Å²) >= 11 is 1.12. The smallest absolute Gasteiger partial charge is 0.348 e. The number of nitrogens with zero attached hydrogens (tertiary/aromatic N) is 2. The maximum atomic E-state index is 13.1. The lowest BCUT2D eigenvalue weighted by Crippen LogP contribution is -2.32. The lowest BCUT2D eigenvalue weighted by molar-refractivity contribution is -0.118. The number of carbonyl (C=O) groups is 2. The van der Waals surface area contributed by atoms with Gasteiger partial charge in [0.05, 0.1) is 18.3 Å². The van der Waals surface area contributed by atoms with Crippen molar-refractivity contribution >= 4 is 39.1 Å². The van der Waals surface area contributed by atoms with Gasteiger partial charge in [-0.25, -0.2) is 9.78 Å². The van der Waals surface area contributed by atoms with Crippen molar-refractivity contribution in [1.82, 2.24) is 9.55 Å². The molecule has 1 atom stereocenters. The van der Waals surface area contributed by atoms with Crippen molar-refractivity contribution in [1.29, 1.82) is 0 Å². The van der Waals surface area contributed by atoms with Crippen LogP contribution in [0.3, 0.4) is 0 Å². The minimum Gasteiger partial charge on any atom is -0.462 e. The molecule has 0 aliphatic heterocycles. The number of esters is 1. The SMILES string of the molecule is CCOC(=O)c1sc2ncn([C@@H](C)C(=O)Nc3cccc(C)c3C)c(=O)c2c1C. The zero-order valence-electron chi connectivity index (χ0n) is 17.0. The first-order chi connectivity index (χ1) is 13.8. The molecule has 29 heavy (non-hydrogen) atoms. The van der Waals surface area contributed by atoms with Gasteiger partial charge in [0.15, 0.2) is 0 Å². The third kappa shape index (κ3) is 3.80. The van der Waals surface area contributed by atoms with Gasteiger partial charge < -0.3 is 10.1 Å². The van der Waals surface area contributed by atoms with E-state index < -0.39 is 12.0 Å². The van der Waals surface area contributed by atoms with Crippen LogP contribution in [0.25, 0.3) is 10.2 Å². The van der Waals surface area contributed by atoms with Gasteiger partial charge in [-0.2, -0.15) is 0 Å². The Morgan fingerprint density at radius 2 is 1.97 bits per heavy atom. The first-order valence-corrected chi connectivity index (χ1v) is 10.1. The van der Waals surface area contributed by atoms with Crippen molar-refractivity contribution in [3.05, 3.63) is 56.4 Å². The Morgan fingerprint density at radius 1 is 1.24 bits per heavy atom. The fourth-order valence-electron chi connectivity index (χ4n) is 3.05. The second-order valence-corrected chi connectivity index (χ2v) is 7.83. The van der Waals surface area contributed by atoms with Crippen LogP contribution in [0.1, 0.15) is 46.3 Å². The van der Waals surface area contributed by atoms with Crippen LogP contribution in [0, 0.1) is 20.8 Å². The summed E-state index contributed by atoms with van der Waals surface area (Å²) in [5.41, 5.74) is 2.92. The van der Waals surface area contributed by atoms with Gasteiger partial charge in [0, 0.05) is 5.69 Å². The number of rotatable bonds is 5. The van der Waals surface area contributed by atoms with Gasteiger partial charge in [0.1, 0.15) is 15.7 Å². The van der Waals surface area contributed by atoms with E-state index in [9.17, 15) is 14.4 Å². The van der Waals surface area contributed by atoms with E-state index in [1.807, 2.05) is 32.0 Å². The molecule has 0 spiro atoms. The third-order valence-corrected chi connectivity index (χ3v) is 6.18. The normalized spacial score (nSPS) is 12.0. The van der Waals surface area contributed by atoms with E-state index in [1.54, 1.807) is 20.8 Å². The zero-order chi connectivity index (χ0) is 21.3. The van der Waals surface area contributed by atoms with Crippen LogP contribution in [0.15, 0.2) is 29.3 Å². The lowest BCUT2D eigenvalue weighted by Gasteiger charge is -2.16. The average Bonchev–Trinajstić information content (AvgIpc) is 3.03. The number of fused-ring (bicyclic) bond motifs is 1. The molecular formula is C21H23N3O4S. The number of aromatic nitrogens is 2. The molecule has 2 heterocycles. The Balaban J connectivity index is 1.96. The van der Waals surface area contributed by atoms with Gasteiger partial charge in [-0.05, 0) is 57.4 Å². The van der Waals surface area contributed by atoms with E-state index in [1.165, 1.54) is 10.9 Å². The van der Waals surface area contributed by atoms with Crippen LogP contribution in [0.4, 0.5) is 5.69 Å². The molecule has 0 aliphatic carbocycles. The first-order valence-electron chi connectivity index (χ1n) is 9.30. The highest BCUT2D eigenvalue weighted by atomic mass is 32.1. The van der Waals surface area contributed by atoms with Crippen LogP contribution >= 0.6 is 11.3 Å². The van der Waals surface area contributed by atoms with E-state index in [2.05, 4.69) is 10.3 Å². The molecule has 7 nitrogen and oxygen atoms in total. The van der Waals surface area contributed by atoms with Crippen molar-refractivity contribution in [3.8, 4) is 0 Å². The molecule has 1 aromatic carbocycles. The summed E-state index contributed by atoms with van der Waals surface area (Å²) < 4.78 is 6.34. The number of anilines is 1. The number of amides is 1. The summed E-state index contributed by atoms with van der Waals surface area (Å²) in [6.45, 7) is 9.21. The average molecular weight is 413 g/mol. The van der Waals surface area contributed by atoms with Gasteiger partial charge in [-0.1, -0.05) is 12.1 Å². The first kappa shape index (κ1) is 20.7. The molecule has 0 radical (unpaired) electrons. The van der Waals surface area contributed by atoms with Gasteiger partial charge >= 0.3 is 5.97 Å². The Labute approximate surface area is 172 Å². The summed E-state index contributed by atoms with van der Waals surface area (Å²) in [5.74, 6) is -0.792. The van der Waals surface area contributed by atoms with Crippen LogP contribution in [-0.2, 0) is 9.53 Å². The molecule has 3 aromatic rings. The molecule has 0 saturated heterocycles. The summed E-state index contributed by atoms with van der Waals surface area (Å²) in [4.78, 5) is 43.1. The largest absolute Gasteiger partial charge is 0.462 e. The summed E-state index contributed by atoms with van der Waals surface area (Å²) in [6, 6.07) is 4.89. The number of thiophene rings is 1. The highest BCUT2D eigenvalue weighted by Gasteiger charge is 2.23. The fourth-order valence-corrected chi connectivity index (χ4v) is 4.09. The number of ether oxygens (including phenoxy) is 1. The molecule has 8 heteroatoms. The van der Waals surface area contributed by atoms with E-state index in [-0.39, 0.29) is 18.1 Å². The Bertz CT molecular complexity index is 1160. The third-order valence-electron chi connectivity index (χ3n) is 5.00. The fraction of sp³-hybridized carbons (Fsp3) is 0.333. The number of carbonyl (C=O) groups excluding carboxylic acids is 2. The number of nitrogens with one attached hydrogen (secondary N) is 1. The van der Waals surface area contributed by atoms with E-state index in [0.717, 1.165) is 22.5 Å². The predicted molar refractivity (Wildman–Crippen MR) is 114 cm³/mol. The molecule has 3 rings (SSSR count). The van der Waals surface area contributed by atoms with Crippen molar-refractivity contribution in [2.24, 2.45) is 0 Å². The maximum absolute atomic E-state index is 13.1. The molecule has 0 bridgehead atoms. The van der Waals surface area contributed by atoms with E-state index in [4.69, 9.17) is 4.74 Å². The highest BCUT2D eigenvalue weighted by molar-refractivity contribution is 7.20. The lowest BCUT2D eigenvalue weighted by atomic mass is 10.1. The highest BCUT2D eigenvalue weighted by Crippen LogP contribution is 2.28.